The van der Waals surface area contributed by atoms with E-state index in [2.05, 4.69) is 0 Å². The summed E-state index contributed by atoms with van der Waals surface area (Å²) in [5.74, 6) is 0. The van der Waals surface area contributed by atoms with E-state index < -0.39 is 9.97 Å². The van der Waals surface area contributed by atoms with Crippen molar-refractivity contribution >= 4 is 34.8 Å². The van der Waals surface area contributed by atoms with Crippen LogP contribution in [0.2, 0.25) is 0 Å². The second kappa shape index (κ2) is 3.20. The summed E-state index contributed by atoms with van der Waals surface area (Å²) in [5.41, 5.74) is 0. The topological polar surface area (TPSA) is 0 Å². The lowest BCUT2D eigenvalue weighted by Gasteiger charge is -2.03. The maximum atomic E-state index is 11.3. The highest BCUT2D eigenvalue weighted by molar-refractivity contribution is 6.68. The number of rotatable bonds is 0. The molecule has 0 aromatic heterocycles. The van der Waals surface area contributed by atoms with Crippen LogP contribution in [0.4, 0.5) is 13.2 Å². The number of allylic oxidation sites excluding steroid dienone is 2. The zero-order valence-electron chi connectivity index (χ0n) is 4.42. The highest BCUT2D eigenvalue weighted by atomic mass is 35.6. The van der Waals surface area contributed by atoms with Crippen molar-refractivity contribution in [3.8, 4) is 0 Å². The number of halogens is 6. The molecule has 0 radical (unpaired) electrons. The molecule has 0 aliphatic heterocycles. The van der Waals surface area contributed by atoms with E-state index in [0.29, 0.717) is 6.08 Å². The average molecular weight is 213 g/mol. The first-order valence-corrected chi connectivity index (χ1v) is 3.18. The van der Waals surface area contributed by atoms with Gasteiger partial charge in [0.25, 0.3) is 0 Å². The maximum Gasteiger partial charge on any atom is 0.409 e. The smallest absolute Gasteiger partial charge is 0.167 e. The molecule has 10 heavy (non-hydrogen) atoms. The fourth-order valence-corrected chi connectivity index (χ4v) is 0.378. The van der Waals surface area contributed by atoms with Crippen molar-refractivity contribution < 1.29 is 13.2 Å². The van der Waals surface area contributed by atoms with Gasteiger partial charge in [-0.15, -0.1) is 0 Å². The molecule has 0 aromatic rings. The van der Waals surface area contributed by atoms with Crippen molar-refractivity contribution in [3.05, 3.63) is 12.2 Å². The quantitative estimate of drug-likeness (QED) is 0.427. The van der Waals surface area contributed by atoms with Gasteiger partial charge < -0.3 is 0 Å². The van der Waals surface area contributed by atoms with E-state index in [0.717, 1.165) is 0 Å². The molecule has 0 heterocycles. The molecule has 0 atom stereocenters. The molecule has 0 bridgehead atoms. The van der Waals surface area contributed by atoms with Crippen LogP contribution in [0.3, 0.4) is 0 Å². The molecule has 0 unspecified atom stereocenters. The van der Waals surface area contributed by atoms with Gasteiger partial charge in [0.2, 0.25) is 3.79 Å². The first-order chi connectivity index (χ1) is 4.21. The van der Waals surface area contributed by atoms with E-state index in [9.17, 15) is 13.2 Å². The van der Waals surface area contributed by atoms with E-state index in [1.807, 2.05) is 0 Å². The number of alkyl halides is 6. The molecule has 0 saturated carbocycles. The Morgan fingerprint density at radius 3 is 1.40 bits per heavy atom. The summed E-state index contributed by atoms with van der Waals surface area (Å²) in [5, 5.41) is 0. The van der Waals surface area contributed by atoms with Crippen molar-refractivity contribution in [2.75, 3.05) is 0 Å². The van der Waals surface area contributed by atoms with Gasteiger partial charge in [-0.3, -0.25) is 0 Å². The standard InChI is InChI=1S/C4H2Cl3F3/c5-3(6,7)1-2-4(8,9)10/h1-2H. The van der Waals surface area contributed by atoms with Crippen LogP contribution in [0, 0.1) is 0 Å². The minimum atomic E-state index is -4.43. The molecule has 60 valence electrons. The highest BCUT2D eigenvalue weighted by Crippen LogP contribution is 2.29. The van der Waals surface area contributed by atoms with Crippen LogP contribution in [0.1, 0.15) is 0 Å². The number of hydrogen-bond acceptors (Lipinski definition) is 0. The minimum absolute atomic E-state index is 0.125. The first-order valence-electron chi connectivity index (χ1n) is 2.04. The van der Waals surface area contributed by atoms with Crippen LogP contribution in [-0.2, 0) is 0 Å². The molecule has 0 nitrogen and oxygen atoms in total. The summed E-state index contributed by atoms with van der Waals surface area (Å²) in [7, 11) is 0. The van der Waals surface area contributed by atoms with Gasteiger partial charge in [-0.05, 0) is 6.08 Å². The van der Waals surface area contributed by atoms with Gasteiger partial charge in [-0.2, -0.15) is 13.2 Å². The molecular formula is C4H2Cl3F3. The molecule has 0 amide bonds. The van der Waals surface area contributed by atoms with E-state index in [1.54, 1.807) is 0 Å². The third kappa shape index (κ3) is 8.40. The minimum Gasteiger partial charge on any atom is -0.167 e. The van der Waals surface area contributed by atoms with Gasteiger partial charge in [-0.1, -0.05) is 34.8 Å². The molecule has 0 N–H and O–H groups in total. The van der Waals surface area contributed by atoms with Crippen LogP contribution in [0.25, 0.3) is 0 Å². The molecule has 0 fully saturated rings. The van der Waals surface area contributed by atoms with Crippen molar-refractivity contribution in [1.82, 2.24) is 0 Å². The molecule has 0 rings (SSSR count). The zero-order chi connectivity index (χ0) is 8.41. The summed E-state index contributed by atoms with van der Waals surface area (Å²) >= 11 is 14.9. The Hall–Kier alpha value is 0.400. The van der Waals surface area contributed by atoms with Crippen molar-refractivity contribution in [2.24, 2.45) is 0 Å². The van der Waals surface area contributed by atoms with Crippen molar-refractivity contribution in [3.63, 3.8) is 0 Å². The largest absolute Gasteiger partial charge is 0.409 e. The van der Waals surface area contributed by atoms with Crippen molar-refractivity contribution in [1.29, 1.82) is 0 Å². The fourth-order valence-electron chi connectivity index (χ4n) is 0.189. The Bertz CT molecular complexity index is 116. The van der Waals surface area contributed by atoms with Gasteiger partial charge in [0.1, 0.15) is 0 Å². The summed E-state index contributed by atoms with van der Waals surface area (Å²) in [4.78, 5) is 0. The van der Waals surface area contributed by atoms with Crippen LogP contribution >= 0.6 is 34.8 Å². The molecule has 6 heteroatoms. The van der Waals surface area contributed by atoms with Gasteiger partial charge in [-0.25, -0.2) is 0 Å². The third-order valence-electron chi connectivity index (χ3n) is 0.461. The average Bonchev–Trinajstić information content (AvgIpc) is 1.57. The van der Waals surface area contributed by atoms with Crippen LogP contribution in [-0.4, -0.2) is 9.97 Å². The zero-order valence-corrected chi connectivity index (χ0v) is 6.69. The lowest BCUT2D eigenvalue weighted by molar-refractivity contribution is -0.0799. The molecule has 0 spiro atoms. The molecule has 0 aliphatic carbocycles. The van der Waals surface area contributed by atoms with Crippen LogP contribution in [0.5, 0.6) is 0 Å². The monoisotopic (exact) mass is 212 g/mol. The normalized spacial score (nSPS) is 14.6. The lowest BCUT2D eigenvalue weighted by Crippen LogP contribution is -2.04. The molecule has 0 aliphatic rings. The van der Waals surface area contributed by atoms with E-state index in [1.165, 1.54) is 0 Å². The Balaban J connectivity index is 4.01. The predicted molar refractivity (Wildman–Crippen MR) is 35.5 cm³/mol. The second-order valence-corrected chi connectivity index (χ2v) is 3.79. The lowest BCUT2D eigenvalue weighted by atomic mass is 10.5. The molecule has 0 aromatic carbocycles. The summed E-state index contributed by atoms with van der Waals surface area (Å²) in [6, 6.07) is 0. The first kappa shape index (κ1) is 10.4. The van der Waals surface area contributed by atoms with Gasteiger partial charge in [0, 0.05) is 6.08 Å². The molecular weight excluding hydrogens is 211 g/mol. The van der Waals surface area contributed by atoms with E-state index >= 15 is 0 Å². The Morgan fingerprint density at radius 1 is 0.900 bits per heavy atom. The van der Waals surface area contributed by atoms with Gasteiger partial charge >= 0.3 is 6.18 Å². The van der Waals surface area contributed by atoms with Crippen LogP contribution < -0.4 is 0 Å². The van der Waals surface area contributed by atoms with Crippen LogP contribution in [0.15, 0.2) is 12.2 Å². The van der Waals surface area contributed by atoms with Gasteiger partial charge in [0.15, 0.2) is 0 Å². The Kier molecular flexibility index (Phi) is 3.33. The highest BCUT2D eigenvalue weighted by Gasteiger charge is 2.25. The summed E-state index contributed by atoms with van der Waals surface area (Å²) in [6.07, 6.45) is -4.11. The van der Waals surface area contributed by atoms with E-state index in [4.69, 9.17) is 34.8 Å². The third-order valence-corrected chi connectivity index (χ3v) is 0.839. The summed E-state index contributed by atoms with van der Waals surface area (Å²) in [6.45, 7) is 0. The second-order valence-electron chi connectivity index (χ2n) is 1.42. The van der Waals surface area contributed by atoms with Crippen molar-refractivity contribution in [2.45, 2.75) is 9.97 Å². The Labute approximate surface area is 70.6 Å². The van der Waals surface area contributed by atoms with E-state index in [-0.39, 0.29) is 6.08 Å². The summed E-state index contributed by atoms with van der Waals surface area (Å²) < 4.78 is 32.0. The molecule has 0 saturated heterocycles. The fraction of sp³-hybridized carbons (Fsp3) is 0.500. The maximum absolute atomic E-state index is 11.3. The Morgan fingerprint density at radius 2 is 1.30 bits per heavy atom. The van der Waals surface area contributed by atoms with Gasteiger partial charge in [0.05, 0.1) is 0 Å². The predicted octanol–water partition coefficient (Wildman–Crippen LogP) is 3.48. The SMILES string of the molecule is FC(F)(F)C=CC(Cl)(Cl)Cl. The number of hydrogen-bond donors (Lipinski definition) is 0.